The Kier molecular flexibility index (Phi) is 4.24. The van der Waals surface area contributed by atoms with Crippen molar-refractivity contribution in [2.24, 2.45) is 5.73 Å². The number of hydrogen-bond acceptors (Lipinski definition) is 4. The van der Waals surface area contributed by atoms with E-state index in [2.05, 4.69) is 16.3 Å². The average molecular weight is 306 g/mol. The Labute approximate surface area is 128 Å². The van der Waals surface area contributed by atoms with Gasteiger partial charge in [-0.3, -0.25) is 4.90 Å². The lowest BCUT2D eigenvalue weighted by atomic mass is 10.0. The summed E-state index contributed by atoms with van der Waals surface area (Å²) >= 11 is 1.82. The SMILES string of the molecule is COc1ccc(C(CN)N2CCc3sccc3C2)cc1F. The first kappa shape index (κ1) is 14.5. The van der Waals surface area contributed by atoms with Gasteiger partial charge in [0.2, 0.25) is 0 Å². The molecule has 1 atom stereocenters. The van der Waals surface area contributed by atoms with Crippen LogP contribution in [0.2, 0.25) is 0 Å². The van der Waals surface area contributed by atoms with Crippen LogP contribution < -0.4 is 10.5 Å². The molecule has 21 heavy (non-hydrogen) atoms. The Morgan fingerprint density at radius 2 is 2.29 bits per heavy atom. The molecule has 2 heterocycles. The van der Waals surface area contributed by atoms with Crippen molar-refractivity contribution >= 4 is 11.3 Å². The van der Waals surface area contributed by atoms with Crippen molar-refractivity contribution in [2.45, 2.75) is 19.0 Å². The first-order valence-electron chi connectivity index (χ1n) is 7.05. The molecular weight excluding hydrogens is 287 g/mol. The summed E-state index contributed by atoms with van der Waals surface area (Å²) in [5.74, 6) is -0.0602. The quantitative estimate of drug-likeness (QED) is 0.944. The first-order chi connectivity index (χ1) is 10.2. The van der Waals surface area contributed by atoms with Gasteiger partial charge in [-0.05, 0) is 41.1 Å². The van der Waals surface area contributed by atoms with Crippen molar-refractivity contribution < 1.29 is 9.13 Å². The number of halogens is 1. The van der Waals surface area contributed by atoms with Crippen LogP contribution >= 0.6 is 11.3 Å². The number of fused-ring (bicyclic) bond motifs is 1. The molecule has 0 spiro atoms. The monoisotopic (exact) mass is 306 g/mol. The van der Waals surface area contributed by atoms with Crippen molar-refractivity contribution in [1.29, 1.82) is 0 Å². The molecule has 0 bridgehead atoms. The number of benzene rings is 1. The molecule has 112 valence electrons. The maximum absolute atomic E-state index is 13.9. The number of hydrogen-bond donors (Lipinski definition) is 1. The van der Waals surface area contributed by atoms with Crippen LogP contribution in [0.1, 0.15) is 22.0 Å². The highest BCUT2D eigenvalue weighted by Gasteiger charge is 2.25. The minimum atomic E-state index is -0.332. The molecule has 1 aliphatic heterocycles. The van der Waals surface area contributed by atoms with Gasteiger partial charge in [0.25, 0.3) is 0 Å². The maximum Gasteiger partial charge on any atom is 0.165 e. The molecular formula is C16H19FN2OS. The molecule has 0 saturated heterocycles. The van der Waals surface area contributed by atoms with E-state index in [1.54, 1.807) is 12.1 Å². The Bertz CT molecular complexity index is 628. The van der Waals surface area contributed by atoms with Gasteiger partial charge in [0.05, 0.1) is 7.11 Å². The number of thiophene rings is 1. The lowest BCUT2D eigenvalue weighted by Crippen LogP contribution is -2.37. The molecule has 1 aliphatic rings. The fourth-order valence-corrected chi connectivity index (χ4v) is 3.81. The third-order valence-corrected chi connectivity index (χ3v) is 5.08. The predicted octanol–water partition coefficient (Wildman–Crippen LogP) is 2.95. The van der Waals surface area contributed by atoms with Gasteiger partial charge in [-0.2, -0.15) is 0 Å². The van der Waals surface area contributed by atoms with Gasteiger partial charge >= 0.3 is 0 Å². The van der Waals surface area contributed by atoms with Crippen molar-refractivity contribution in [3.05, 3.63) is 51.5 Å². The van der Waals surface area contributed by atoms with Crippen LogP contribution in [0.15, 0.2) is 29.6 Å². The molecule has 0 aliphatic carbocycles. The summed E-state index contributed by atoms with van der Waals surface area (Å²) in [4.78, 5) is 3.79. The van der Waals surface area contributed by atoms with Crippen LogP contribution in [0.25, 0.3) is 0 Å². The second-order valence-corrected chi connectivity index (χ2v) is 6.24. The molecule has 0 amide bonds. The lowest BCUT2D eigenvalue weighted by molar-refractivity contribution is 0.184. The van der Waals surface area contributed by atoms with Crippen LogP contribution in [0.3, 0.4) is 0 Å². The van der Waals surface area contributed by atoms with E-state index >= 15 is 0 Å². The molecule has 2 aromatic rings. The molecule has 1 aromatic heterocycles. The summed E-state index contributed by atoms with van der Waals surface area (Å²) in [6.07, 6.45) is 1.04. The van der Waals surface area contributed by atoms with Crippen molar-refractivity contribution in [1.82, 2.24) is 4.90 Å². The Balaban J connectivity index is 1.84. The number of nitrogens with zero attached hydrogens (tertiary/aromatic N) is 1. The molecule has 0 saturated carbocycles. The molecule has 1 aromatic carbocycles. The number of rotatable bonds is 4. The Hall–Kier alpha value is -1.43. The molecule has 0 radical (unpaired) electrons. The summed E-state index contributed by atoms with van der Waals surface area (Å²) in [6.45, 7) is 2.32. The summed E-state index contributed by atoms with van der Waals surface area (Å²) in [6, 6.07) is 7.34. The van der Waals surface area contributed by atoms with Gasteiger partial charge in [0.15, 0.2) is 11.6 Å². The van der Waals surface area contributed by atoms with Crippen LogP contribution in [-0.2, 0) is 13.0 Å². The number of nitrogens with two attached hydrogens (primary N) is 1. The third kappa shape index (κ3) is 2.81. The van der Waals surface area contributed by atoms with Gasteiger partial charge < -0.3 is 10.5 Å². The summed E-state index contributed by atoms with van der Waals surface area (Å²) in [7, 11) is 1.47. The first-order valence-corrected chi connectivity index (χ1v) is 7.93. The fourth-order valence-electron chi connectivity index (χ4n) is 2.92. The number of methoxy groups -OCH3 is 1. The van der Waals surface area contributed by atoms with E-state index in [9.17, 15) is 4.39 Å². The van der Waals surface area contributed by atoms with Gasteiger partial charge in [0, 0.05) is 30.6 Å². The van der Waals surface area contributed by atoms with Crippen LogP contribution in [0, 0.1) is 5.82 Å². The molecule has 1 unspecified atom stereocenters. The lowest BCUT2D eigenvalue weighted by Gasteiger charge is -2.34. The summed E-state index contributed by atoms with van der Waals surface area (Å²) in [5, 5.41) is 2.14. The van der Waals surface area contributed by atoms with E-state index in [1.807, 2.05) is 17.4 Å². The average Bonchev–Trinajstić information content (AvgIpc) is 2.96. The van der Waals surface area contributed by atoms with E-state index in [0.29, 0.717) is 6.54 Å². The molecule has 0 fully saturated rings. The second kappa shape index (κ2) is 6.13. The largest absolute Gasteiger partial charge is 0.494 e. The molecule has 3 rings (SSSR count). The van der Waals surface area contributed by atoms with Crippen molar-refractivity contribution in [3.8, 4) is 5.75 Å². The maximum atomic E-state index is 13.9. The standard InChI is InChI=1S/C16H19FN2OS/c1-20-15-3-2-11(8-13(15)17)14(9-18)19-6-4-16-12(10-19)5-7-21-16/h2-3,5,7-8,14H,4,6,9-10,18H2,1H3. The molecule has 5 heteroatoms. The Morgan fingerprint density at radius 3 is 3.00 bits per heavy atom. The van der Waals surface area contributed by atoms with Gasteiger partial charge in [0.1, 0.15) is 0 Å². The van der Waals surface area contributed by atoms with Crippen molar-refractivity contribution in [2.75, 3.05) is 20.2 Å². The second-order valence-electron chi connectivity index (χ2n) is 5.23. The summed E-state index contributed by atoms with van der Waals surface area (Å²) < 4.78 is 18.9. The van der Waals surface area contributed by atoms with E-state index in [0.717, 1.165) is 25.1 Å². The van der Waals surface area contributed by atoms with E-state index in [4.69, 9.17) is 10.5 Å². The zero-order valence-corrected chi connectivity index (χ0v) is 12.8. The van der Waals surface area contributed by atoms with Gasteiger partial charge in [-0.25, -0.2) is 4.39 Å². The smallest absolute Gasteiger partial charge is 0.165 e. The van der Waals surface area contributed by atoms with E-state index in [1.165, 1.54) is 17.6 Å². The van der Waals surface area contributed by atoms with Gasteiger partial charge in [-0.15, -0.1) is 11.3 Å². The van der Waals surface area contributed by atoms with Crippen molar-refractivity contribution in [3.63, 3.8) is 0 Å². The van der Waals surface area contributed by atoms with Crippen LogP contribution in [0.4, 0.5) is 4.39 Å². The normalized spacial score (nSPS) is 16.5. The minimum Gasteiger partial charge on any atom is -0.494 e. The Morgan fingerprint density at radius 1 is 1.43 bits per heavy atom. The zero-order chi connectivity index (χ0) is 14.8. The number of ether oxygens (including phenoxy) is 1. The van der Waals surface area contributed by atoms with E-state index in [-0.39, 0.29) is 17.6 Å². The minimum absolute atomic E-state index is 0.0402. The topological polar surface area (TPSA) is 38.5 Å². The highest BCUT2D eigenvalue weighted by Crippen LogP contribution is 2.31. The third-order valence-electron chi connectivity index (χ3n) is 4.06. The molecule has 3 nitrogen and oxygen atoms in total. The van der Waals surface area contributed by atoms with E-state index < -0.39 is 0 Å². The van der Waals surface area contributed by atoms with Crippen LogP contribution in [0.5, 0.6) is 5.75 Å². The highest BCUT2D eigenvalue weighted by atomic mass is 32.1. The highest BCUT2D eigenvalue weighted by molar-refractivity contribution is 7.10. The van der Waals surface area contributed by atoms with Gasteiger partial charge in [-0.1, -0.05) is 6.07 Å². The van der Waals surface area contributed by atoms with Crippen LogP contribution in [-0.4, -0.2) is 25.1 Å². The fraction of sp³-hybridized carbons (Fsp3) is 0.375. The predicted molar refractivity (Wildman–Crippen MR) is 83.2 cm³/mol. The molecule has 2 N–H and O–H groups in total. The zero-order valence-electron chi connectivity index (χ0n) is 12.0. The summed E-state index contributed by atoms with van der Waals surface area (Å²) in [5.41, 5.74) is 8.24.